The second-order valence-electron chi connectivity index (χ2n) is 5.70. The minimum absolute atomic E-state index is 0.123. The minimum atomic E-state index is 0.123. The van der Waals surface area contributed by atoms with Crippen LogP contribution in [0.4, 0.5) is 0 Å². The first-order chi connectivity index (χ1) is 9.78. The number of piperidine rings is 1. The van der Waals surface area contributed by atoms with Crippen molar-refractivity contribution in [2.24, 2.45) is 11.1 Å². The Morgan fingerprint density at radius 1 is 1.15 bits per heavy atom. The van der Waals surface area contributed by atoms with E-state index in [1.165, 1.54) is 11.1 Å². The van der Waals surface area contributed by atoms with Gasteiger partial charge in [-0.25, -0.2) is 0 Å². The molecule has 106 valence electrons. The average Bonchev–Trinajstić information content (AvgIpc) is 2.54. The second kappa shape index (κ2) is 5.65. The van der Waals surface area contributed by atoms with Gasteiger partial charge in [0.2, 0.25) is 5.91 Å². The number of aryl methyl sites for hydroxylation is 1. The Hall–Kier alpha value is -1.84. The van der Waals surface area contributed by atoms with Crippen LogP contribution in [0.3, 0.4) is 0 Å². The smallest absolute Gasteiger partial charge is 0.226 e. The molecule has 0 aromatic heterocycles. The SMILES string of the molecule is O=C(C1CCc2ccccc2C1)N1CCC(=NO)CC1. The normalized spacial score (nSPS) is 22.3. The van der Waals surface area contributed by atoms with Gasteiger partial charge in [0.25, 0.3) is 0 Å². The van der Waals surface area contributed by atoms with E-state index >= 15 is 0 Å². The largest absolute Gasteiger partial charge is 0.411 e. The van der Waals surface area contributed by atoms with E-state index in [4.69, 9.17) is 5.21 Å². The number of hydrogen-bond donors (Lipinski definition) is 1. The van der Waals surface area contributed by atoms with Gasteiger partial charge >= 0.3 is 0 Å². The average molecular weight is 272 g/mol. The highest BCUT2D eigenvalue weighted by Gasteiger charge is 2.29. The predicted molar refractivity (Wildman–Crippen MR) is 77.0 cm³/mol. The van der Waals surface area contributed by atoms with E-state index in [9.17, 15) is 4.79 Å². The van der Waals surface area contributed by atoms with Crippen LogP contribution in [0.5, 0.6) is 0 Å². The molecule has 0 saturated carbocycles. The number of nitrogens with zero attached hydrogens (tertiary/aromatic N) is 2. The Bertz CT molecular complexity index is 529. The van der Waals surface area contributed by atoms with Gasteiger partial charge in [0.05, 0.1) is 5.71 Å². The zero-order valence-corrected chi connectivity index (χ0v) is 11.6. The molecule has 1 N–H and O–H groups in total. The first-order valence-corrected chi connectivity index (χ1v) is 7.33. The topological polar surface area (TPSA) is 52.9 Å². The highest BCUT2D eigenvalue weighted by molar-refractivity contribution is 5.87. The van der Waals surface area contributed by atoms with Gasteiger partial charge in [-0.2, -0.15) is 0 Å². The molecule has 1 aromatic carbocycles. The van der Waals surface area contributed by atoms with E-state index in [-0.39, 0.29) is 11.8 Å². The first kappa shape index (κ1) is 13.2. The maximum absolute atomic E-state index is 12.6. The predicted octanol–water partition coefficient (Wildman–Crippen LogP) is 2.24. The molecule has 0 spiro atoms. The van der Waals surface area contributed by atoms with Crippen LogP contribution in [-0.4, -0.2) is 34.8 Å². The van der Waals surface area contributed by atoms with E-state index < -0.39 is 0 Å². The summed E-state index contributed by atoms with van der Waals surface area (Å²) in [5.41, 5.74) is 3.53. The van der Waals surface area contributed by atoms with E-state index in [0.29, 0.717) is 25.9 Å². The number of fused-ring (bicyclic) bond motifs is 1. The second-order valence-corrected chi connectivity index (χ2v) is 5.70. The molecule has 4 heteroatoms. The number of benzene rings is 1. The maximum Gasteiger partial charge on any atom is 0.226 e. The monoisotopic (exact) mass is 272 g/mol. The quantitative estimate of drug-likeness (QED) is 0.629. The molecule has 3 rings (SSSR count). The van der Waals surface area contributed by atoms with E-state index in [2.05, 4.69) is 29.4 Å². The number of likely N-dealkylation sites (tertiary alicyclic amines) is 1. The van der Waals surface area contributed by atoms with Crippen molar-refractivity contribution in [1.29, 1.82) is 0 Å². The van der Waals surface area contributed by atoms with Crippen LogP contribution in [0.25, 0.3) is 0 Å². The van der Waals surface area contributed by atoms with Gasteiger partial charge in [0, 0.05) is 31.8 Å². The summed E-state index contributed by atoms with van der Waals surface area (Å²) in [5.74, 6) is 0.397. The molecule has 4 nitrogen and oxygen atoms in total. The van der Waals surface area contributed by atoms with Crippen molar-refractivity contribution in [3.63, 3.8) is 0 Å². The van der Waals surface area contributed by atoms with Gasteiger partial charge in [-0.05, 0) is 30.4 Å². The van der Waals surface area contributed by atoms with Crippen LogP contribution >= 0.6 is 0 Å². The van der Waals surface area contributed by atoms with Crippen molar-refractivity contribution in [2.45, 2.75) is 32.1 Å². The van der Waals surface area contributed by atoms with Gasteiger partial charge in [-0.15, -0.1) is 0 Å². The lowest BCUT2D eigenvalue weighted by atomic mass is 9.83. The number of amides is 1. The van der Waals surface area contributed by atoms with E-state index in [1.54, 1.807) is 0 Å². The Labute approximate surface area is 119 Å². The molecule has 1 aromatic rings. The summed E-state index contributed by atoms with van der Waals surface area (Å²) >= 11 is 0. The zero-order valence-electron chi connectivity index (χ0n) is 11.6. The summed E-state index contributed by atoms with van der Waals surface area (Å²) in [4.78, 5) is 14.5. The summed E-state index contributed by atoms with van der Waals surface area (Å²) in [7, 11) is 0. The van der Waals surface area contributed by atoms with Crippen LogP contribution in [-0.2, 0) is 17.6 Å². The zero-order chi connectivity index (χ0) is 13.9. The molecule has 0 radical (unpaired) electrons. The molecular formula is C16H20N2O2. The van der Waals surface area contributed by atoms with Crippen LogP contribution < -0.4 is 0 Å². The minimum Gasteiger partial charge on any atom is -0.411 e. The Balaban J connectivity index is 1.65. The molecular weight excluding hydrogens is 252 g/mol. The van der Waals surface area contributed by atoms with Gasteiger partial charge in [-0.1, -0.05) is 29.4 Å². The van der Waals surface area contributed by atoms with Crippen LogP contribution in [0, 0.1) is 5.92 Å². The first-order valence-electron chi connectivity index (χ1n) is 7.33. The van der Waals surface area contributed by atoms with Crippen molar-refractivity contribution in [3.8, 4) is 0 Å². The summed E-state index contributed by atoms with van der Waals surface area (Å²) in [6, 6.07) is 8.43. The third kappa shape index (κ3) is 2.55. The van der Waals surface area contributed by atoms with Gasteiger partial charge in [-0.3, -0.25) is 4.79 Å². The summed E-state index contributed by atoms with van der Waals surface area (Å²) in [5, 5.41) is 12.0. The lowest BCUT2D eigenvalue weighted by Gasteiger charge is -2.32. The van der Waals surface area contributed by atoms with Crippen molar-refractivity contribution in [3.05, 3.63) is 35.4 Å². The highest BCUT2D eigenvalue weighted by Crippen LogP contribution is 2.27. The van der Waals surface area contributed by atoms with E-state index in [0.717, 1.165) is 25.0 Å². The number of carbonyl (C=O) groups excluding carboxylic acids is 1. The summed E-state index contributed by atoms with van der Waals surface area (Å²) in [6.45, 7) is 1.38. The van der Waals surface area contributed by atoms with Crippen LogP contribution in [0.1, 0.15) is 30.4 Å². The fourth-order valence-electron chi connectivity index (χ4n) is 3.25. The van der Waals surface area contributed by atoms with Crippen molar-refractivity contribution in [1.82, 2.24) is 4.90 Å². The lowest BCUT2D eigenvalue weighted by molar-refractivity contribution is -0.136. The van der Waals surface area contributed by atoms with Crippen LogP contribution in [0.2, 0.25) is 0 Å². The summed E-state index contributed by atoms with van der Waals surface area (Å²) in [6.07, 6.45) is 4.22. The van der Waals surface area contributed by atoms with Crippen LogP contribution in [0.15, 0.2) is 29.4 Å². The third-order valence-electron chi connectivity index (χ3n) is 4.49. The Morgan fingerprint density at radius 3 is 2.55 bits per heavy atom. The van der Waals surface area contributed by atoms with Crippen molar-refractivity contribution in [2.75, 3.05) is 13.1 Å². The van der Waals surface area contributed by atoms with Crippen molar-refractivity contribution >= 4 is 11.6 Å². The Morgan fingerprint density at radius 2 is 1.85 bits per heavy atom. The molecule has 1 aliphatic carbocycles. The molecule has 20 heavy (non-hydrogen) atoms. The molecule has 2 aliphatic rings. The number of rotatable bonds is 1. The maximum atomic E-state index is 12.6. The fourth-order valence-corrected chi connectivity index (χ4v) is 3.25. The van der Waals surface area contributed by atoms with Crippen molar-refractivity contribution < 1.29 is 10.0 Å². The number of hydrogen-bond acceptors (Lipinski definition) is 3. The number of carbonyl (C=O) groups is 1. The molecule has 1 saturated heterocycles. The fraction of sp³-hybridized carbons (Fsp3) is 0.500. The highest BCUT2D eigenvalue weighted by atomic mass is 16.4. The van der Waals surface area contributed by atoms with Gasteiger partial charge < -0.3 is 10.1 Å². The molecule has 1 unspecified atom stereocenters. The standard InChI is InChI=1S/C16H20N2O2/c19-16(18-9-7-15(17-20)8-10-18)14-6-5-12-3-1-2-4-13(12)11-14/h1-4,14,20H,5-11H2. The molecule has 1 fully saturated rings. The third-order valence-corrected chi connectivity index (χ3v) is 4.49. The van der Waals surface area contributed by atoms with Gasteiger partial charge in [0.1, 0.15) is 0 Å². The lowest BCUT2D eigenvalue weighted by Crippen LogP contribution is -2.43. The molecule has 1 aliphatic heterocycles. The van der Waals surface area contributed by atoms with Gasteiger partial charge in [0.15, 0.2) is 0 Å². The Kier molecular flexibility index (Phi) is 3.72. The number of oxime groups is 1. The molecule has 1 amide bonds. The molecule has 1 heterocycles. The van der Waals surface area contributed by atoms with E-state index in [1.807, 2.05) is 4.90 Å². The summed E-state index contributed by atoms with van der Waals surface area (Å²) < 4.78 is 0. The molecule has 0 bridgehead atoms. The molecule has 1 atom stereocenters.